The zero-order valence-electron chi connectivity index (χ0n) is 12.5. The Labute approximate surface area is 129 Å². The molecule has 5 nitrogen and oxygen atoms in total. The summed E-state index contributed by atoms with van der Waals surface area (Å²) >= 11 is 0. The molecular weight excluding hydrogens is 298 g/mol. The second-order valence-corrected chi connectivity index (χ2v) is 7.94. The van der Waals surface area contributed by atoms with E-state index in [1.165, 1.54) is 0 Å². The third-order valence-electron chi connectivity index (χ3n) is 4.61. The average molecular weight is 326 g/mol. The van der Waals surface area contributed by atoms with E-state index in [1.807, 2.05) is 13.8 Å². The predicted octanol–water partition coefficient (Wildman–Crippen LogP) is 1.59. The predicted molar refractivity (Wildman–Crippen MR) is 84.1 cm³/mol. The molecule has 2 fully saturated rings. The van der Waals surface area contributed by atoms with E-state index in [2.05, 4.69) is 0 Å². The summed E-state index contributed by atoms with van der Waals surface area (Å²) in [6, 6.07) is 0.309. The van der Waals surface area contributed by atoms with Crippen molar-refractivity contribution >= 4 is 22.6 Å². The molecule has 0 saturated carbocycles. The lowest BCUT2D eigenvalue weighted by Gasteiger charge is -2.39. The molecule has 2 unspecified atom stereocenters. The third kappa shape index (κ3) is 3.85. The molecular formula is C13H28ClN3O2S. The van der Waals surface area contributed by atoms with Gasteiger partial charge in [-0.25, -0.2) is 0 Å². The lowest BCUT2D eigenvalue weighted by molar-refractivity contribution is 0.210. The summed E-state index contributed by atoms with van der Waals surface area (Å²) in [5.41, 5.74) is 5.91. The molecule has 0 aromatic rings. The van der Waals surface area contributed by atoms with Gasteiger partial charge >= 0.3 is 0 Å². The van der Waals surface area contributed by atoms with E-state index >= 15 is 0 Å². The van der Waals surface area contributed by atoms with Gasteiger partial charge in [0.1, 0.15) is 0 Å². The zero-order chi connectivity index (χ0) is 14.0. The van der Waals surface area contributed by atoms with Crippen LogP contribution in [0, 0.1) is 5.92 Å². The van der Waals surface area contributed by atoms with E-state index in [9.17, 15) is 8.42 Å². The Morgan fingerprint density at radius 3 is 2.20 bits per heavy atom. The molecule has 2 aliphatic heterocycles. The first-order chi connectivity index (χ1) is 8.93. The van der Waals surface area contributed by atoms with Crippen molar-refractivity contribution in [1.29, 1.82) is 0 Å². The molecule has 0 aromatic heterocycles. The van der Waals surface area contributed by atoms with Crippen LogP contribution in [0.3, 0.4) is 0 Å². The molecule has 2 rings (SSSR count). The Kier molecular flexibility index (Phi) is 6.73. The highest BCUT2D eigenvalue weighted by Crippen LogP contribution is 2.26. The summed E-state index contributed by atoms with van der Waals surface area (Å²) < 4.78 is 28.7. The van der Waals surface area contributed by atoms with Gasteiger partial charge in [-0.15, -0.1) is 12.4 Å². The molecule has 120 valence electrons. The van der Waals surface area contributed by atoms with Crippen molar-refractivity contribution in [2.75, 3.05) is 19.6 Å². The smallest absolute Gasteiger partial charge is 0.282 e. The van der Waals surface area contributed by atoms with Gasteiger partial charge in [0.05, 0.1) is 0 Å². The lowest BCUT2D eigenvalue weighted by atomic mass is 9.92. The van der Waals surface area contributed by atoms with Crippen LogP contribution in [0.5, 0.6) is 0 Å². The molecule has 7 heteroatoms. The van der Waals surface area contributed by atoms with Gasteiger partial charge in [-0.3, -0.25) is 0 Å². The second-order valence-electron chi connectivity index (χ2n) is 6.06. The number of hydrogen-bond acceptors (Lipinski definition) is 3. The third-order valence-corrected chi connectivity index (χ3v) is 6.76. The number of nitrogens with zero attached hydrogens (tertiary/aromatic N) is 2. The number of piperidine rings is 2. The highest BCUT2D eigenvalue weighted by atomic mass is 35.5. The monoisotopic (exact) mass is 325 g/mol. The molecule has 20 heavy (non-hydrogen) atoms. The van der Waals surface area contributed by atoms with Crippen molar-refractivity contribution in [3.63, 3.8) is 0 Å². The molecule has 2 atom stereocenters. The first-order valence-corrected chi connectivity index (χ1v) is 8.85. The fourth-order valence-electron chi connectivity index (χ4n) is 3.20. The van der Waals surface area contributed by atoms with Crippen molar-refractivity contribution in [1.82, 2.24) is 8.61 Å². The summed E-state index contributed by atoms with van der Waals surface area (Å²) in [7, 11) is -3.26. The Bertz CT molecular complexity index is 394. The summed E-state index contributed by atoms with van der Waals surface area (Å²) in [4.78, 5) is 0. The minimum atomic E-state index is -3.26. The molecule has 0 spiro atoms. The van der Waals surface area contributed by atoms with Gasteiger partial charge in [0.15, 0.2) is 0 Å². The van der Waals surface area contributed by atoms with E-state index in [0.29, 0.717) is 25.6 Å². The Morgan fingerprint density at radius 1 is 1.10 bits per heavy atom. The Hall–Kier alpha value is 0.120. The normalized spacial score (nSPS) is 28.9. The SMILES string of the molecule is CC(N)C1CCN(S(=O)(=O)N2CCCCC2C)CC1.Cl. The summed E-state index contributed by atoms with van der Waals surface area (Å²) in [5.74, 6) is 0.463. The van der Waals surface area contributed by atoms with Gasteiger partial charge in [0.2, 0.25) is 0 Å². The Morgan fingerprint density at radius 2 is 1.70 bits per heavy atom. The number of nitrogens with two attached hydrogens (primary N) is 1. The second kappa shape index (κ2) is 7.40. The maximum atomic E-state index is 12.6. The highest BCUT2D eigenvalue weighted by molar-refractivity contribution is 7.86. The fraction of sp³-hybridized carbons (Fsp3) is 1.00. The quantitative estimate of drug-likeness (QED) is 0.856. The summed E-state index contributed by atoms with van der Waals surface area (Å²) in [6.45, 7) is 5.96. The van der Waals surface area contributed by atoms with Crippen LogP contribution in [0.2, 0.25) is 0 Å². The van der Waals surface area contributed by atoms with Gasteiger partial charge in [-0.2, -0.15) is 17.0 Å². The van der Waals surface area contributed by atoms with Gasteiger partial charge in [-0.1, -0.05) is 6.42 Å². The van der Waals surface area contributed by atoms with Crippen molar-refractivity contribution in [2.24, 2.45) is 11.7 Å². The molecule has 2 saturated heterocycles. The molecule has 0 aromatic carbocycles. The van der Waals surface area contributed by atoms with Crippen molar-refractivity contribution in [2.45, 2.75) is 58.0 Å². The first-order valence-electron chi connectivity index (χ1n) is 7.45. The van der Waals surface area contributed by atoms with Crippen LogP contribution in [-0.2, 0) is 10.2 Å². The van der Waals surface area contributed by atoms with E-state index in [4.69, 9.17) is 5.73 Å². The number of halogens is 1. The van der Waals surface area contributed by atoms with Crippen LogP contribution >= 0.6 is 12.4 Å². The van der Waals surface area contributed by atoms with E-state index in [1.54, 1.807) is 8.61 Å². The van der Waals surface area contributed by atoms with Gasteiger partial charge in [0.25, 0.3) is 10.2 Å². The first kappa shape index (κ1) is 18.2. The fourth-order valence-corrected chi connectivity index (χ4v) is 5.08. The molecule has 2 heterocycles. The van der Waals surface area contributed by atoms with Gasteiger partial charge < -0.3 is 5.73 Å². The largest absolute Gasteiger partial charge is 0.328 e. The lowest BCUT2D eigenvalue weighted by Crippen LogP contribution is -2.52. The van der Waals surface area contributed by atoms with Crippen molar-refractivity contribution < 1.29 is 8.42 Å². The van der Waals surface area contributed by atoms with E-state index in [-0.39, 0.29) is 24.5 Å². The Balaban J connectivity index is 0.00000200. The van der Waals surface area contributed by atoms with Crippen LogP contribution in [-0.4, -0.2) is 48.7 Å². The number of hydrogen-bond donors (Lipinski definition) is 1. The van der Waals surface area contributed by atoms with Crippen LogP contribution in [0.4, 0.5) is 0 Å². The van der Waals surface area contributed by atoms with Crippen LogP contribution in [0.15, 0.2) is 0 Å². The molecule has 0 bridgehead atoms. The van der Waals surface area contributed by atoms with Gasteiger partial charge in [0, 0.05) is 31.7 Å². The van der Waals surface area contributed by atoms with E-state index < -0.39 is 10.2 Å². The molecule has 2 N–H and O–H groups in total. The zero-order valence-corrected chi connectivity index (χ0v) is 14.1. The van der Waals surface area contributed by atoms with Crippen LogP contribution in [0.25, 0.3) is 0 Å². The van der Waals surface area contributed by atoms with Gasteiger partial charge in [-0.05, 0) is 45.4 Å². The maximum absolute atomic E-state index is 12.6. The molecule has 0 aliphatic carbocycles. The summed E-state index contributed by atoms with van der Waals surface area (Å²) in [5, 5.41) is 0. The van der Waals surface area contributed by atoms with Crippen LogP contribution in [0.1, 0.15) is 46.0 Å². The number of rotatable bonds is 3. The molecule has 0 amide bonds. The minimum absolute atomic E-state index is 0. The minimum Gasteiger partial charge on any atom is -0.328 e. The topological polar surface area (TPSA) is 66.6 Å². The van der Waals surface area contributed by atoms with Crippen LogP contribution < -0.4 is 5.73 Å². The molecule has 0 radical (unpaired) electrons. The highest BCUT2D eigenvalue weighted by Gasteiger charge is 2.36. The van der Waals surface area contributed by atoms with Crippen molar-refractivity contribution in [3.8, 4) is 0 Å². The van der Waals surface area contributed by atoms with E-state index in [0.717, 1.165) is 32.1 Å². The average Bonchev–Trinajstić information content (AvgIpc) is 2.39. The summed E-state index contributed by atoms with van der Waals surface area (Å²) in [6.07, 6.45) is 4.88. The molecule has 2 aliphatic rings. The standard InChI is InChI=1S/C13H27N3O2S.ClH/c1-11-5-3-4-8-16(11)19(17,18)15-9-6-13(7-10-15)12(2)14;/h11-13H,3-10,14H2,1-2H3;1H. The van der Waals surface area contributed by atoms with Crippen molar-refractivity contribution in [3.05, 3.63) is 0 Å². The maximum Gasteiger partial charge on any atom is 0.282 e.